The monoisotopic (exact) mass is 453 g/mol. The van der Waals surface area contributed by atoms with Crippen LogP contribution in [0, 0.1) is 0 Å². The molecule has 1 N–H and O–H groups in total. The van der Waals surface area contributed by atoms with Gasteiger partial charge in [0, 0.05) is 18.3 Å². The highest BCUT2D eigenvalue weighted by Gasteiger charge is 2.26. The number of nitrogens with zero attached hydrogens (tertiary/aromatic N) is 5. The van der Waals surface area contributed by atoms with Crippen molar-refractivity contribution in [1.82, 2.24) is 14.8 Å². The molecule has 0 radical (unpaired) electrons. The van der Waals surface area contributed by atoms with E-state index < -0.39 is 12.0 Å². The lowest BCUT2D eigenvalue weighted by molar-refractivity contribution is -0.138. The number of thiol groups is 2. The Morgan fingerprint density at radius 3 is 2.61 bits per heavy atom. The van der Waals surface area contributed by atoms with Gasteiger partial charge in [-0.15, -0.1) is 35.5 Å². The Labute approximate surface area is 189 Å². The van der Waals surface area contributed by atoms with Crippen LogP contribution in [0.5, 0.6) is 5.75 Å². The van der Waals surface area contributed by atoms with Crippen LogP contribution in [0.25, 0.3) is 5.69 Å². The van der Waals surface area contributed by atoms with Crippen LogP contribution in [0.2, 0.25) is 0 Å². The van der Waals surface area contributed by atoms with Gasteiger partial charge in [0.05, 0.1) is 11.4 Å². The van der Waals surface area contributed by atoms with Gasteiger partial charge >= 0.3 is 5.97 Å². The first-order valence-corrected chi connectivity index (χ1v) is 10.3. The fourth-order valence-electron chi connectivity index (χ4n) is 3.28. The number of carboxylic acids is 1. The van der Waals surface area contributed by atoms with E-state index in [1.807, 2.05) is 53.5 Å². The van der Waals surface area contributed by atoms with Crippen molar-refractivity contribution in [2.24, 2.45) is 4.99 Å². The highest BCUT2D eigenvalue weighted by atomic mass is 32.1. The minimum absolute atomic E-state index is 0.423. The summed E-state index contributed by atoms with van der Waals surface area (Å²) in [6, 6.07) is 14.1. The van der Waals surface area contributed by atoms with Crippen LogP contribution in [0.4, 0.5) is 11.4 Å². The zero-order valence-corrected chi connectivity index (χ0v) is 18.0. The Hall–Kier alpha value is -3.24. The van der Waals surface area contributed by atoms with Crippen molar-refractivity contribution in [3.63, 3.8) is 0 Å². The Morgan fingerprint density at radius 2 is 1.84 bits per heavy atom. The summed E-state index contributed by atoms with van der Waals surface area (Å²) < 4.78 is 7.35. The fourth-order valence-corrected chi connectivity index (χ4v) is 3.87. The average molecular weight is 454 g/mol. The molecule has 0 bridgehead atoms. The molecular weight excluding hydrogens is 434 g/mol. The van der Waals surface area contributed by atoms with E-state index in [2.05, 4.69) is 40.4 Å². The minimum atomic E-state index is -0.848. The summed E-state index contributed by atoms with van der Waals surface area (Å²) in [5, 5.41) is 18.1. The Balaban J connectivity index is 1.49. The number of carbonyl (C=O) groups is 1. The number of rotatable bonds is 6. The molecule has 0 saturated heterocycles. The smallest absolute Gasteiger partial charge is 0.326 e. The molecule has 0 amide bonds. The molecule has 1 unspecified atom stereocenters. The summed E-state index contributed by atoms with van der Waals surface area (Å²) in [6.45, 7) is 0.532. The number of carboxylic acid groups (broad SMARTS) is 1. The van der Waals surface area contributed by atoms with Gasteiger partial charge in [-0.05, 0) is 36.8 Å². The van der Waals surface area contributed by atoms with E-state index in [1.165, 1.54) is 6.40 Å². The number of benzene rings is 2. The third-order valence-electron chi connectivity index (χ3n) is 4.75. The number of ether oxygens (including phenoxy) is 1. The van der Waals surface area contributed by atoms with Crippen LogP contribution in [-0.2, 0) is 4.79 Å². The topological polar surface area (TPSA) is 92.8 Å². The molecule has 4 rings (SSSR count). The number of anilines is 1. The molecule has 158 valence electrons. The molecule has 0 saturated carbocycles. The van der Waals surface area contributed by atoms with Gasteiger partial charge in [-0.3, -0.25) is 4.57 Å². The van der Waals surface area contributed by atoms with Gasteiger partial charge in [0.15, 0.2) is 16.7 Å². The first kappa shape index (κ1) is 21.0. The van der Waals surface area contributed by atoms with Crippen LogP contribution in [0.15, 0.2) is 76.0 Å². The summed E-state index contributed by atoms with van der Waals surface area (Å²) in [4.78, 5) is 17.7. The number of aliphatic carboxylic acids is 1. The minimum Gasteiger partial charge on any atom is -0.480 e. The van der Waals surface area contributed by atoms with E-state index in [0.717, 1.165) is 11.4 Å². The van der Waals surface area contributed by atoms with Crippen molar-refractivity contribution in [3.05, 3.63) is 60.7 Å². The van der Waals surface area contributed by atoms with Gasteiger partial charge in [-0.1, -0.05) is 24.3 Å². The maximum absolute atomic E-state index is 11.6. The first-order valence-electron chi connectivity index (χ1n) is 9.40. The van der Waals surface area contributed by atoms with Crippen LogP contribution in [-0.4, -0.2) is 44.8 Å². The molecule has 1 aromatic heterocycles. The number of hydrogen-bond acceptors (Lipinski definition) is 8. The molecule has 0 spiro atoms. The molecule has 10 heteroatoms. The quantitative estimate of drug-likeness (QED) is 0.228. The zero-order chi connectivity index (χ0) is 21.8. The normalized spacial score (nSPS) is 16.1. The highest BCUT2D eigenvalue weighted by Crippen LogP contribution is 2.26. The molecule has 2 heterocycles. The lowest BCUT2D eigenvalue weighted by atomic mass is 10.1. The van der Waals surface area contributed by atoms with Crippen LogP contribution in [0.1, 0.15) is 6.42 Å². The Kier molecular flexibility index (Phi) is 6.28. The highest BCUT2D eigenvalue weighted by molar-refractivity contribution is 7.80. The summed E-state index contributed by atoms with van der Waals surface area (Å²) in [5.41, 5.74) is 2.21. The van der Waals surface area contributed by atoms with E-state index >= 15 is 0 Å². The lowest BCUT2D eigenvalue weighted by Gasteiger charge is -2.32. The maximum Gasteiger partial charge on any atom is 0.326 e. The van der Waals surface area contributed by atoms with Crippen molar-refractivity contribution in [3.8, 4) is 11.4 Å². The zero-order valence-electron chi connectivity index (χ0n) is 16.2. The van der Waals surface area contributed by atoms with Gasteiger partial charge < -0.3 is 14.7 Å². The van der Waals surface area contributed by atoms with E-state index in [-0.39, 0.29) is 0 Å². The second-order valence-corrected chi connectivity index (χ2v) is 7.52. The summed E-state index contributed by atoms with van der Waals surface area (Å²) >= 11 is 8.57. The molecule has 0 aliphatic carbocycles. The summed E-state index contributed by atoms with van der Waals surface area (Å²) in [5.74, 6) is -0.288. The van der Waals surface area contributed by atoms with Crippen LogP contribution >= 0.6 is 25.3 Å². The van der Waals surface area contributed by atoms with Crippen molar-refractivity contribution in [1.29, 1.82) is 0 Å². The van der Waals surface area contributed by atoms with Gasteiger partial charge in [0.25, 0.3) is 0 Å². The molecule has 2 aromatic carbocycles. The van der Waals surface area contributed by atoms with E-state index in [9.17, 15) is 9.90 Å². The maximum atomic E-state index is 11.6. The molecule has 1 aliphatic rings. The second-order valence-electron chi connectivity index (χ2n) is 6.72. The molecule has 1 aliphatic heterocycles. The van der Waals surface area contributed by atoms with Gasteiger partial charge in [-0.2, -0.15) is 0 Å². The number of aliphatic imine (C=N–C) groups is 1. The predicted octanol–water partition coefficient (Wildman–Crippen LogP) is 3.80. The number of hydrogen-bond donors (Lipinski definition) is 3. The van der Waals surface area contributed by atoms with E-state index in [1.54, 1.807) is 16.7 Å². The van der Waals surface area contributed by atoms with Gasteiger partial charge in [-0.25, -0.2) is 9.79 Å². The second kappa shape index (κ2) is 9.27. The summed E-state index contributed by atoms with van der Waals surface area (Å²) in [7, 11) is 0. The first-order chi connectivity index (χ1) is 15.0. The third kappa shape index (κ3) is 4.75. The molecule has 0 fully saturated rings. The fraction of sp³-hybridized carbons (Fsp3) is 0.143. The van der Waals surface area contributed by atoms with Gasteiger partial charge in [0.2, 0.25) is 0 Å². The Bertz CT molecular complexity index is 1140. The Morgan fingerprint density at radius 1 is 1.10 bits per heavy atom. The van der Waals surface area contributed by atoms with Crippen LogP contribution < -0.4 is 9.64 Å². The predicted molar refractivity (Wildman–Crippen MR) is 124 cm³/mol. The standard InChI is InChI=1S/C21H19N5O3S2/c27-19(28)18-9-1-2-10-25(18)15-6-4-8-17(12-15)29-13-22-14-5-3-7-16(11-14)26-20(30)23-24-21(26)31/h1-8,11-13,18H,9-10H2,(H,23,30)(H,24,31)(H,27,28)/b22-13+. The molecule has 3 aromatic rings. The molecule has 31 heavy (non-hydrogen) atoms. The van der Waals surface area contributed by atoms with Crippen molar-refractivity contribution in [2.75, 3.05) is 11.4 Å². The van der Waals surface area contributed by atoms with Crippen molar-refractivity contribution < 1.29 is 14.6 Å². The largest absolute Gasteiger partial charge is 0.480 e. The lowest BCUT2D eigenvalue weighted by Crippen LogP contribution is -2.43. The molecule has 8 nitrogen and oxygen atoms in total. The van der Waals surface area contributed by atoms with Crippen LogP contribution in [0.3, 0.4) is 0 Å². The van der Waals surface area contributed by atoms with Gasteiger partial charge in [0.1, 0.15) is 11.8 Å². The molecule has 1 atom stereocenters. The SMILES string of the molecule is O=C(O)C1CC=CCN1c1cccc(O/C=N/c2cccc(-n3c(S)nnc3S)c2)c1. The van der Waals surface area contributed by atoms with Crippen molar-refractivity contribution >= 4 is 49.0 Å². The van der Waals surface area contributed by atoms with E-state index in [0.29, 0.717) is 34.7 Å². The molecular formula is C21H19N5O3S2. The average Bonchev–Trinajstić information content (AvgIpc) is 3.12. The summed E-state index contributed by atoms with van der Waals surface area (Å²) in [6.07, 6.45) is 5.67. The number of aromatic nitrogens is 3. The van der Waals surface area contributed by atoms with E-state index in [4.69, 9.17) is 4.74 Å². The van der Waals surface area contributed by atoms with Crippen molar-refractivity contribution in [2.45, 2.75) is 22.8 Å². The third-order valence-corrected chi connectivity index (χ3v) is 5.32.